The third kappa shape index (κ3) is 5.33. The van der Waals surface area contributed by atoms with E-state index in [4.69, 9.17) is 11.6 Å². The number of thioether (sulfide) groups is 1. The zero-order valence-corrected chi connectivity index (χ0v) is 12.5. The molecule has 0 spiro atoms. The lowest BCUT2D eigenvalue weighted by molar-refractivity contribution is 0.513. The second-order valence-electron chi connectivity index (χ2n) is 4.34. The summed E-state index contributed by atoms with van der Waals surface area (Å²) in [5.74, 6) is 1.20. The molecule has 17 heavy (non-hydrogen) atoms. The topological polar surface area (TPSA) is 12.0 Å². The zero-order chi connectivity index (χ0) is 12.7. The Kier molecular flexibility index (Phi) is 7.02. The van der Waals surface area contributed by atoms with E-state index in [2.05, 4.69) is 43.6 Å². The maximum atomic E-state index is 6.27. The molecule has 1 aromatic carbocycles. The lowest BCUT2D eigenvalue weighted by Gasteiger charge is -2.18. The monoisotopic (exact) mass is 271 g/mol. The summed E-state index contributed by atoms with van der Waals surface area (Å²) in [6.07, 6.45) is 4.37. The van der Waals surface area contributed by atoms with Gasteiger partial charge in [0.15, 0.2) is 0 Å². The van der Waals surface area contributed by atoms with E-state index >= 15 is 0 Å². The predicted octanol–water partition coefficient (Wildman–Crippen LogP) is 3.92. The van der Waals surface area contributed by atoms with E-state index in [1.807, 2.05) is 11.8 Å². The third-order valence-electron chi connectivity index (χ3n) is 2.84. The van der Waals surface area contributed by atoms with Crippen LogP contribution < -0.4 is 5.32 Å². The molecule has 3 heteroatoms. The van der Waals surface area contributed by atoms with Crippen molar-refractivity contribution in [1.82, 2.24) is 5.32 Å². The highest BCUT2D eigenvalue weighted by atomic mass is 35.5. The minimum absolute atomic E-state index is 0.535. The first-order valence-electron chi connectivity index (χ1n) is 6.14. The number of hydrogen-bond acceptors (Lipinski definition) is 2. The van der Waals surface area contributed by atoms with Crippen molar-refractivity contribution < 1.29 is 0 Å². The van der Waals surface area contributed by atoms with Gasteiger partial charge in [-0.25, -0.2) is 0 Å². The van der Waals surface area contributed by atoms with Crippen LogP contribution in [0.25, 0.3) is 0 Å². The summed E-state index contributed by atoms with van der Waals surface area (Å²) < 4.78 is 0. The van der Waals surface area contributed by atoms with Gasteiger partial charge in [0.05, 0.1) is 0 Å². The number of rotatable bonds is 7. The van der Waals surface area contributed by atoms with Crippen LogP contribution in [-0.2, 0) is 6.42 Å². The maximum absolute atomic E-state index is 6.27. The van der Waals surface area contributed by atoms with Crippen LogP contribution in [0.5, 0.6) is 0 Å². The predicted molar refractivity (Wildman–Crippen MR) is 80.4 cm³/mol. The lowest BCUT2D eigenvalue weighted by atomic mass is 10.0. The zero-order valence-electron chi connectivity index (χ0n) is 10.9. The molecule has 0 bridgehead atoms. The van der Waals surface area contributed by atoms with Crippen molar-refractivity contribution in [2.45, 2.75) is 32.7 Å². The Labute approximate surface area is 114 Å². The SMILES string of the molecule is CCNC(CCSC)Cc1ccc(C)cc1Cl. The number of benzene rings is 1. The molecule has 1 nitrogen and oxygen atoms in total. The summed E-state index contributed by atoms with van der Waals surface area (Å²) in [6.45, 7) is 5.25. The average Bonchev–Trinajstić information content (AvgIpc) is 2.29. The number of nitrogens with one attached hydrogen (secondary N) is 1. The number of hydrogen-bond donors (Lipinski definition) is 1. The van der Waals surface area contributed by atoms with Crippen LogP contribution in [0, 0.1) is 6.92 Å². The van der Waals surface area contributed by atoms with Crippen molar-refractivity contribution in [1.29, 1.82) is 0 Å². The minimum atomic E-state index is 0.535. The van der Waals surface area contributed by atoms with Crippen LogP contribution in [0.1, 0.15) is 24.5 Å². The van der Waals surface area contributed by atoms with Crippen LogP contribution in [0.4, 0.5) is 0 Å². The first-order valence-corrected chi connectivity index (χ1v) is 7.92. The molecule has 0 saturated heterocycles. The molecule has 0 aromatic heterocycles. The van der Waals surface area contributed by atoms with Gasteiger partial charge in [0.25, 0.3) is 0 Å². The van der Waals surface area contributed by atoms with Gasteiger partial charge in [0.1, 0.15) is 0 Å². The molecule has 1 rings (SSSR count). The van der Waals surface area contributed by atoms with E-state index in [0.29, 0.717) is 6.04 Å². The summed E-state index contributed by atoms with van der Waals surface area (Å²) in [6, 6.07) is 6.88. The van der Waals surface area contributed by atoms with Gasteiger partial charge >= 0.3 is 0 Å². The molecule has 0 aliphatic carbocycles. The second kappa shape index (κ2) is 8.02. The Hall–Kier alpha value is -0.180. The molecule has 96 valence electrons. The average molecular weight is 272 g/mol. The highest BCUT2D eigenvalue weighted by molar-refractivity contribution is 7.98. The normalized spacial score (nSPS) is 12.7. The summed E-state index contributed by atoms with van der Waals surface area (Å²) in [7, 11) is 0. The van der Waals surface area contributed by atoms with Crippen molar-refractivity contribution in [2.75, 3.05) is 18.6 Å². The van der Waals surface area contributed by atoms with Gasteiger partial charge in [-0.05, 0) is 55.5 Å². The molecular formula is C14H22ClNS. The molecule has 1 aromatic rings. The van der Waals surface area contributed by atoms with E-state index in [0.717, 1.165) is 18.0 Å². The molecular weight excluding hydrogens is 250 g/mol. The second-order valence-corrected chi connectivity index (χ2v) is 5.73. The highest BCUT2D eigenvalue weighted by Crippen LogP contribution is 2.20. The Morgan fingerprint density at radius 2 is 2.18 bits per heavy atom. The van der Waals surface area contributed by atoms with Crippen LogP contribution >= 0.6 is 23.4 Å². The molecule has 1 N–H and O–H groups in total. The van der Waals surface area contributed by atoms with E-state index in [1.165, 1.54) is 23.3 Å². The van der Waals surface area contributed by atoms with Crippen LogP contribution in [0.15, 0.2) is 18.2 Å². The largest absolute Gasteiger partial charge is 0.314 e. The van der Waals surface area contributed by atoms with E-state index in [1.54, 1.807) is 0 Å². The molecule has 0 saturated carbocycles. The molecule has 0 aliphatic rings. The van der Waals surface area contributed by atoms with Gasteiger partial charge < -0.3 is 5.32 Å². The lowest BCUT2D eigenvalue weighted by Crippen LogP contribution is -2.31. The van der Waals surface area contributed by atoms with Crippen LogP contribution in [-0.4, -0.2) is 24.6 Å². The quantitative estimate of drug-likeness (QED) is 0.807. The first kappa shape index (κ1) is 14.9. The summed E-state index contributed by atoms with van der Waals surface area (Å²) in [5, 5.41) is 4.44. The van der Waals surface area contributed by atoms with Crippen molar-refractivity contribution in [3.05, 3.63) is 34.3 Å². The Balaban J connectivity index is 2.64. The Bertz CT molecular complexity index is 341. The fraction of sp³-hybridized carbons (Fsp3) is 0.571. The molecule has 0 amide bonds. The third-order valence-corrected chi connectivity index (χ3v) is 3.83. The molecule has 0 radical (unpaired) electrons. The van der Waals surface area contributed by atoms with Gasteiger partial charge in [-0.15, -0.1) is 0 Å². The van der Waals surface area contributed by atoms with Crippen molar-refractivity contribution in [3.8, 4) is 0 Å². The first-order chi connectivity index (χ1) is 8.17. The standard InChI is InChI=1S/C14H22ClNS/c1-4-16-13(7-8-17-3)10-12-6-5-11(2)9-14(12)15/h5-6,9,13,16H,4,7-8,10H2,1-3H3. The van der Waals surface area contributed by atoms with Crippen molar-refractivity contribution >= 4 is 23.4 Å². The number of aryl methyl sites for hydroxylation is 1. The van der Waals surface area contributed by atoms with Gasteiger partial charge in [0, 0.05) is 11.1 Å². The molecule has 1 unspecified atom stereocenters. The van der Waals surface area contributed by atoms with Gasteiger partial charge in [-0.3, -0.25) is 0 Å². The Morgan fingerprint density at radius 1 is 1.41 bits per heavy atom. The summed E-state index contributed by atoms with van der Waals surface area (Å²) in [5.41, 5.74) is 2.48. The maximum Gasteiger partial charge on any atom is 0.0441 e. The number of likely N-dealkylation sites (N-methyl/N-ethyl adjacent to an activating group) is 1. The molecule has 0 aliphatic heterocycles. The van der Waals surface area contributed by atoms with Crippen molar-refractivity contribution in [2.24, 2.45) is 0 Å². The molecule has 1 atom stereocenters. The van der Waals surface area contributed by atoms with E-state index < -0.39 is 0 Å². The van der Waals surface area contributed by atoms with Gasteiger partial charge in [0.2, 0.25) is 0 Å². The highest BCUT2D eigenvalue weighted by Gasteiger charge is 2.10. The van der Waals surface area contributed by atoms with Crippen molar-refractivity contribution in [3.63, 3.8) is 0 Å². The summed E-state index contributed by atoms with van der Waals surface area (Å²) in [4.78, 5) is 0. The smallest absolute Gasteiger partial charge is 0.0441 e. The molecule has 0 fully saturated rings. The van der Waals surface area contributed by atoms with E-state index in [9.17, 15) is 0 Å². The number of halogens is 1. The van der Waals surface area contributed by atoms with Gasteiger partial charge in [-0.2, -0.15) is 11.8 Å². The minimum Gasteiger partial charge on any atom is -0.314 e. The van der Waals surface area contributed by atoms with Crippen LogP contribution in [0.3, 0.4) is 0 Å². The fourth-order valence-corrected chi connectivity index (χ4v) is 2.74. The fourth-order valence-electron chi connectivity index (χ4n) is 1.91. The molecule has 0 heterocycles. The van der Waals surface area contributed by atoms with Gasteiger partial charge in [-0.1, -0.05) is 30.7 Å². The van der Waals surface area contributed by atoms with E-state index in [-0.39, 0.29) is 0 Å². The summed E-state index contributed by atoms with van der Waals surface area (Å²) >= 11 is 8.17. The Morgan fingerprint density at radius 3 is 2.76 bits per heavy atom. The van der Waals surface area contributed by atoms with Crippen LogP contribution in [0.2, 0.25) is 5.02 Å².